The van der Waals surface area contributed by atoms with Crippen molar-refractivity contribution in [1.82, 2.24) is 29.5 Å². The number of amides is 1. The highest BCUT2D eigenvalue weighted by atomic mass is 16.2. The summed E-state index contributed by atoms with van der Waals surface area (Å²) < 4.78 is 1.95. The topological polar surface area (TPSA) is 65.8 Å². The molecule has 0 spiro atoms. The Bertz CT molecular complexity index is 666. The molecular weight excluding hydrogens is 292 g/mol. The Kier molecular flexibility index (Phi) is 3.97. The van der Waals surface area contributed by atoms with Gasteiger partial charge >= 0.3 is 0 Å². The fourth-order valence-electron chi connectivity index (χ4n) is 3.62. The predicted molar refractivity (Wildman–Crippen MR) is 85.9 cm³/mol. The van der Waals surface area contributed by atoms with Gasteiger partial charge in [0.2, 0.25) is 11.7 Å². The highest BCUT2D eigenvalue weighted by molar-refractivity contribution is 5.79. The first-order valence-corrected chi connectivity index (χ1v) is 8.31. The van der Waals surface area contributed by atoms with E-state index in [2.05, 4.69) is 25.1 Å². The van der Waals surface area contributed by atoms with Crippen LogP contribution in [0.25, 0.3) is 5.78 Å². The SMILES string of the molecule is O=C1CNCCN1C1CCCN(Cc2cn3cccnc3n2)C1. The third-order valence-corrected chi connectivity index (χ3v) is 4.72. The van der Waals surface area contributed by atoms with Gasteiger partial charge in [-0.1, -0.05) is 0 Å². The fraction of sp³-hybridized carbons (Fsp3) is 0.562. The van der Waals surface area contributed by atoms with E-state index in [0.717, 1.165) is 57.0 Å². The number of likely N-dealkylation sites (tertiary alicyclic amines) is 1. The van der Waals surface area contributed by atoms with Crippen LogP contribution in [-0.2, 0) is 11.3 Å². The van der Waals surface area contributed by atoms with Crippen LogP contribution >= 0.6 is 0 Å². The van der Waals surface area contributed by atoms with Gasteiger partial charge in [-0.2, -0.15) is 0 Å². The summed E-state index contributed by atoms with van der Waals surface area (Å²) in [6, 6.07) is 2.25. The molecule has 4 heterocycles. The van der Waals surface area contributed by atoms with Gasteiger partial charge in [0, 0.05) is 50.8 Å². The average molecular weight is 314 g/mol. The van der Waals surface area contributed by atoms with E-state index >= 15 is 0 Å². The number of piperidine rings is 1. The van der Waals surface area contributed by atoms with Crippen LogP contribution in [0.2, 0.25) is 0 Å². The Morgan fingerprint density at radius 2 is 2.30 bits per heavy atom. The van der Waals surface area contributed by atoms with E-state index in [9.17, 15) is 4.79 Å². The van der Waals surface area contributed by atoms with E-state index in [1.165, 1.54) is 0 Å². The molecule has 23 heavy (non-hydrogen) atoms. The Morgan fingerprint density at radius 1 is 1.35 bits per heavy atom. The Labute approximate surface area is 135 Å². The van der Waals surface area contributed by atoms with Gasteiger partial charge in [0.05, 0.1) is 12.2 Å². The summed E-state index contributed by atoms with van der Waals surface area (Å²) in [6.07, 6.45) is 8.01. The monoisotopic (exact) mass is 314 g/mol. The molecule has 4 rings (SSSR count). The molecule has 122 valence electrons. The molecule has 2 aliphatic heterocycles. The molecule has 1 N–H and O–H groups in total. The highest BCUT2D eigenvalue weighted by Gasteiger charge is 2.30. The molecule has 0 radical (unpaired) electrons. The van der Waals surface area contributed by atoms with Crippen LogP contribution in [0.1, 0.15) is 18.5 Å². The minimum atomic E-state index is 0.236. The van der Waals surface area contributed by atoms with Gasteiger partial charge in [0.25, 0.3) is 0 Å². The Balaban J connectivity index is 1.43. The Morgan fingerprint density at radius 3 is 3.17 bits per heavy atom. The highest BCUT2D eigenvalue weighted by Crippen LogP contribution is 2.18. The summed E-state index contributed by atoms with van der Waals surface area (Å²) in [5.41, 5.74) is 1.04. The van der Waals surface area contributed by atoms with Crippen molar-refractivity contribution in [2.45, 2.75) is 25.4 Å². The third-order valence-electron chi connectivity index (χ3n) is 4.72. The van der Waals surface area contributed by atoms with Gasteiger partial charge in [0.15, 0.2) is 0 Å². The maximum absolute atomic E-state index is 12.1. The fourth-order valence-corrected chi connectivity index (χ4v) is 3.62. The second kappa shape index (κ2) is 6.25. The van der Waals surface area contributed by atoms with Gasteiger partial charge < -0.3 is 10.2 Å². The van der Waals surface area contributed by atoms with E-state index in [4.69, 9.17) is 0 Å². The van der Waals surface area contributed by atoms with Crippen molar-refractivity contribution in [2.75, 3.05) is 32.7 Å². The third kappa shape index (κ3) is 3.07. The number of carbonyl (C=O) groups is 1. The zero-order chi connectivity index (χ0) is 15.6. The first-order valence-electron chi connectivity index (χ1n) is 8.31. The first kappa shape index (κ1) is 14.6. The van der Waals surface area contributed by atoms with Crippen molar-refractivity contribution in [1.29, 1.82) is 0 Å². The molecule has 0 aliphatic carbocycles. The number of rotatable bonds is 3. The zero-order valence-electron chi connectivity index (χ0n) is 13.2. The zero-order valence-corrected chi connectivity index (χ0v) is 13.2. The van der Waals surface area contributed by atoms with Crippen molar-refractivity contribution >= 4 is 11.7 Å². The van der Waals surface area contributed by atoms with Crippen LogP contribution in [0, 0.1) is 0 Å². The van der Waals surface area contributed by atoms with E-state index in [1.54, 1.807) is 6.20 Å². The van der Waals surface area contributed by atoms with E-state index < -0.39 is 0 Å². The number of piperazine rings is 1. The smallest absolute Gasteiger partial charge is 0.236 e. The molecule has 2 aromatic heterocycles. The van der Waals surface area contributed by atoms with Crippen LogP contribution in [0.5, 0.6) is 0 Å². The number of fused-ring (bicyclic) bond motifs is 1. The minimum Gasteiger partial charge on any atom is -0.336 e. The van der Waals surface area contributed by atoms with Gasteiger partial charge in [0.1, 0.15) is 0 Å². The average Bonchev–Trinajstić information content (AvgIpc) is 2.97. The first-order chi connectivity index (χ1) is 11.3. The molecule has 2 aromatic rings. The second-order valence-corrected chi connectivity index (χ2v) is 6.35. The van der Waals surface area contributed by atoms with E-state index in [1.807, 2.05) is 22.9 Å². The van der Waals surface area contributed by atoms with Gasteiger partial charge in [-0.05, 0) is 25.5 Å². The lowest BCUT2D eigenvalue weighted by Gasteiger charge is -2.41. The summed E-state index contributed by atoms with van der Waals surface area (Å²) in [5.74, 6) is 0.980. The van der Waals surface area contributed by atoms with Crippen LogP contribution in [0.15, 0.2) is 24.7 Å². The summed E-state index contributed by atoms with van der Waals surface area (Å²) >= 11 is 0. The van der Waals surface area contributed by atoms with Crippen molar-refractivity contribution in [2.24, 2.45) is 0 Å². The lowest BCUT2D eigenvalue weighted by Crippen LogP contribution is -2.56. The van der Waals surface area contributed by atoms with Crippen molar-refractivity contribution in [3.8, 4) is 0 Å². The number of hydrogen-bond donors (Lipinski definition) is 1. The molecule has 0 aromatic carbocycles. The molecule has 1 atom stereocenters. The number of nitrogens with zero attached hydrogens (tertiary/aromatic N) is 5. The molecule has 2 saturated heterocycles. The van der Waals surface area contributed by atoms with Gasteiger partial charge in [-0.15, -0.1) is 0 Å². The second-order valence-electron chi connectivity index (χ2n) is 6.35. The predicted octanol–water partition coefficient (Wildman–Crippen LogP) is 0.126. The minimum absolute atomic E-state index is 0.236. The molecule has 7 heteroatoms. The lowest BCUT2D eigenvalue weighted by molar-refractivity contribution is -0.135. The summed E-state index contributed by atoms with van der Waals surface area (Å²) in [7, 11) is 0. The molecule has 2 fully saturated rings. The van der Waals surface area contributed by atoms with Crippen molar-refractivity contribution in [3.63, 3.8) is 0 Å². The Hall–Kier alpha value is -1.99. The van der Waals surface area contributed by atoms with Crippen LogP contribution in [0.4, 0.5) is 0 Å². The molecule has 7 nitrogen and oxygen atoms in total. The molecule has 0 bridgehead atoms. The lowest BCUT2D eigenvalue weighted by atomic mass is 10.0. The largest absolute Gasteiger partial charge is 0.336 e. The van der Waals surface area contributed by atoms with Gasteiger partial charge in [-0.3, -0.25) is 14.1 Å². The number of nitrogens with one attached hydrogen (secondary N) is 1. The molecular formula is C16H22N6O. The number of imidazole rings is 1. The van der Waals surface area contributed by atoms with Crippen molar-refractivity contribution < 1.29 is 4.79 Å². The molecule has 1 amide bonds. The van der Waals surface area contributed by atoms with Crippen molar-refractivity contribution in [3.05, 3.63) is 30.4 Å². The molecule has 0 saturated carbocycles. The van der Waals surface area contributed by atoms with Crippen LogP contribution in [0.3, 0.4) is 0 Å². The molecule has 1 unspecified atom stereocenters. The van der Waals surface area contributed by atoms with Gasteiger partial charge in [-0.25, -0.2) is 9.97 Å². The summed E-state index contributed by atoms with van der Waals surface area (Å²) in [6.45, 7) is 5.04. The molecule has 2 aliphatic rings. The summed E-state index contributed by atoms with van der Waals surface area (Å²) in [4.78, 5) is 25.4. The quantitative estimate of drug-likeness (QED) is 0.872. The maximum Gasteiger partial charge on any atom is 0.236 e. The number of hydrogen-bond acceptors (Lipinski definition) is 5. The van der Waals surface area contributed by atoms with Crippen LogP contribution in [-0.4, -0.2) is 68.8 Å². The summed E-state index contributed by atoms with van der Waals surface area (Å²) in [5, 5.41) is 3.15. The number of carbonyl (C=O) groups excluding carboxylic acids is 1. The van der Waals surface area contributed by atoms with E-state index in [-0.39, 0.29) is 5.91 Å². The number of aromatic nitrogens is 3. The van der Waals surface area contributed by atoms with Crippen LogP contribution < -0.4 is 5.32 Å². The van der Waals surface area contributed by atoms with E-state index in [0.29, 0.717) is 12.6 Å². The normalized spacial score (nSPS) is 23.6. The standard InChI is InChI=1S/C16H22N6O/c23-15-9-17-5-8-22(15)14-3-1-6-20(12-14)10-13-11-21-7-2-4-18-16(21)19-13/h2,4,7,11,14,17H,1,3,5-6,8-10,12H2. The maximum atomic E-state index is 12.1.